The maximum Gasteiger partial charge on any atom is 0.259 e. The number of aromatic nitrogens is 1. The molecule has 0 aliphatic carbocycles. The predicted octanol–water partition coefficient (Wildman–Crippen LogP) is 3.37. The molecule has 0 fully saturated rings. The van der Waals surface area contributed by atoms with Gasteiger partial charge in [-0.15, -0.1) is 0 Å². The number of aromatic amines is 1. The third-order valence-electron chi connectivity index (χ3n) is 4.65. The third kappa shape index (κ3) is 1.48. The molecule has 0 saturated heterocycles. The second kappa shape index (κ2) is 4.35. The van der Waals surface area contributed by atoms with Gasteiger partial charge in [0, 0.05) is 22.2 Å². The Kier molecular flexibility index (Phi) is 2.38. The number of amides is 2. The second-order valence-corrected chi connectivity index (χ2v) is 5.87. The number of hydrogen-bond donors (Lipinski definition) is 2. The number of methoxy groups -OCH3 is 1. The number of benzene rings is 3. The summed E-state index contributed by atoms with van der Waals surface area (Å²) in [7, 11) is 1.61. The molecule has 1 aromatic heterocycles. The monoisotopic (exact) mass is 316 g/mol. The number of fused-ring (bicyclic) bond motifs is 8. The fourth-order valence-corrected chi connectivity index (χ4v) is 3.64. The van der Waals surface area contributed by atoms with Crippen LogP contribution in [0.5, 0.6) is 5.75 Å². The van der Waals surface area contributed by atoms with Gasteiger partial charge in [0.1, 0.15) is 5.75 Å². The van der Waals surface area contributed by atoms with Crippen molar-refractivity contribution < 1.29 is 14.3 Å². The Bertz CT molecular complexity index is 1200. The van der Waals surface area contributed by atoms with Crippen LogP contribution in [0.25, 0.3) is 32.6 Å². The first kappa shape index (κ1) is 13.1. The van der Waals surface area contributed by atoms with Gasteiger partial charge in [-0.05, 0) is 17.5 Å². The molecule has 2 heterocycles. The van der Waals surface area contributed by atoms with Gasteiger partial charge in [-0.2, -0.15) is 0 Å². The molecule has 24 heavy (non-hydrogen) atoms. The van der Waals surface area contributed by atoms with Crippen molar-refractivity contribution in [1.29, 1.82) is 0 Å². The van der Waals surface area contributed by atoms with Gasteiger partial charge in [-0.25, -0.2) is 0 Å². The molecule has 0 spiro atoms. The first-order chi connectivity index (χ1) is 11.7. The lowest BCUT2D eigenvalue weighted by molar-refractivity contribution is 0.0880. The Morgan fingerprint density at radius 3 is 2.42 bits per heavy atom. The lowest BCUT2D eigenvalue weighted by Crippen LogP contribution is -2.20. The fourth-order valence-electron chi connectivity index (χ4n) is 3.64. The highest BCUT2D eigenvalue weighted by atomic mass is 16.5. The number of ether oxygens (including phenoxy) is 1. The van der Waals surface area contributed by atoms with E-state index in [-0.39, 0.29) is 11.8 Å². The molecule has 5 heteroatoms. The Balaban J connectivity index is 2.10. The molecule has 0 atom stereocenters. The maximum absolute atomic E-state index is 12.4. The predicted molar refractivity (Wildman–Crippen MR) is 91.7 cm³/mol. The Morgan fingerprint density at radius 2 is 1.62 bits per heavy atom. The molecule has 116 valence electrons. The van der Waals surface area contributed by atoms with Crippen LogP contribution in [0.4, 0.5) is 0 Å². The molecule has 0 bridgehead atoms. The summed E-state index contributed by atoms with van der Waals surface area (Å²) in [5.74, 6) is 0.0500. The molecule has 0 unspecified atom stereocenters. The number of nitrogens with one attached hydrogen (secondary N) is 2. The molecule has 2 N–H and O–H groups in total. The summed E-state index contributed by atoms with van der Waals surface area (Å²) in [6.07, 6.45) is 0. The summed E-state index contributed by atoms with van der Waals surface area (Å²) < 4.78 is 5.28. The first-order valence-corrected chi connectivity index (χ1v) is 7.59. The third-order valence-corrected chi connectivity index (χ3v) is 4.65. The summed E-state index contributed by atoms with van der Waals surface area (Å²) in [4.78, 5) is 28.1. The lowest BCUT2D eigenvalue weighted by atomic mass is 9.95. The number of rotatable bonds is 1. The number of hydrogen-bond acceptors (Lipinski definition) is 3. The standard InChI is InChI=1S/C19H12N2O3/c1-24-9-6-7-12-13(8-9)20-17-11-5-3-2-4-10(11)15-16(14(12)17)19(23)21-18(15)22/h2-8,20H,1H3,(H,21,22,23). The molecule has 5 rings (SSSR count). The van der Waals surface area contributed by atoms with Crippen molar-refractivity contribution in [3.8, 4) is 5.75 Å². The van der Waals surface area contributed by atoms with Gasteiger partial charge in [0.15, 0.2) is 0 Å². The molecule has 4 aromatic rings. The van der Waals surface area contributed by atoms with E-state index in [9.17, 15) is 9.59 Å². The highest BCUT2D eigenvalue weighted by molar-refractivity contribution is 6.36. The van der Waals surface area contributed by atoms with E-state index in [1.54, 1.807) is 7.11 Å². The van der Waals surface area contributed by atoms with E-state index in [0.717, 1.165) is 38.3 Å². The number of carbonyl (C=O) groups is 2. The SMILES string of the molecule is COc1ccc2c(c1)[nH]c1c3ccccc3c3c(c21)C(=O)NC3=O. The van der Waals surface area contributed by atoms with Crippen molar-refractivity contribution in [3.05, 3.63) is 53.6 Å². The number of carbonyl (C=O) groups excluding carboxylic acids is 2. The van der Waals surface area contributed by atoms with E-state index >= 15 is 0 Å². The minimum atomic E-state index is -0.345. The highest BCUT2D eigenvalue weighted by Crippen LogP contribution is 2.39. The van der Waals surface area contributed by atoms with E-state index in [1.165, 1.54) is 0 Å². The summed E-state index contributed by atoms with van der Waals surface area (Å²) in [6.45, 7) is 0. The second-order valence-electron chi connectivity index (χ2n) is 5.87. The van der Waals surface area contributed by atoms with E-state index in [1.807, 2.05) is 42.5 Å². The van der Waals surface area contributed by atoms with Crippen LogP contribution in [0.1, 0.15) is 20.7 Å². The zero-order valence-electron chi connectivity index (χ0n) is 12.8. The van der Waals surface area contributed by atoms with Crippen LogP contribution in [0.3, 0.4) is 0 Å². The average molecular weight is 316 g/mol. The topological polar surface area (TPSA) is 71.2 Å². The molecule has 5 nitrogen and oxygen atoms in total. The van der Waals surface area contributed by atoms with Crippen molar-refractivity contribution in [2.75, 3.05) is 7.11 Å². The summed E-state index contributed by atoms with van der Waals surface area (Å²) in [5, 5.41) is 5.81. The van der Waals surface area contributed by atoms with Gasteiger partial charge in [-0.1, -0.05) is 24.3 Å². The number of imide groups is 1. The van der Waals surface area contributed by atoms with Crippen LogP contribution in [-0.2, 0) is 0 Å². The molecule has 3 aromatic carbocycles. The van der Waals surface area contributed by atoms with Crippen LogP contribution in [-0.4, -0.2) is 23.9 Å². The summed E-state index contributed by atoms with van der Waals surface area (Å²) in [6, 6.07) is 13.3. The zero-order valence-corrected chi connectivity index (χ0v) is 12.8. The molecule has 1 aliphatic rings. The van der Waals surface area contributed by atoms with Crippen LogP contribution < -0.4 is 10.1 Å². The van der Waals surface area contributed by atoms with Crippen molar-refractivity contribution in [2.45, 2.75) is 0 Å². The molecular weight excluding hydrogens is 304 g/mol. The smallest absolute Gasteiger partial charge is 0.259 e. The van der Waals surface area contributed by atoms with Crippen molar-refractivity contribution >= 4 is 44.4 Å². The van der Waals surface area contributed by atoms with E-state index in [0.29, 0.717) is 11.1 Å². The molecule has 0 radical (unpaired) electrons. The molecule has 2 amide bonds. The van der Waals surface area contributed by atoms with E-state index < -0.39 is 0 Å². The molecule has 1 aliphatic heterocycles. The quantitative estimate of drug-likeness (QED) is 0.529. The van der Waals surface area contributed by atoms with E-state index in [2.05, 4.69) is 10.3 Å². The lowest BCUT2D eigenvalue weighted by Gasteiger charge is -2.05. The minimum absolute atomic E-state index is 0.337. The van der Waals surface area contributed by atoms with Gasteiger partial charge in [-0.3, -0.25) is 14.9 Å². The fraction of sp³-hybridized carbons (Fsp3) is 0.0526. The first-order valence-electron chi connectivity index (χ1n) is 7.59. The van der Waals surface area contributed by atoms with Crippen LogP contribution in [0.15, 0.2) is 42.5 Å². The van der Waals surface area contributed by atoms with Gasteiger partial charge < -0.3 is 9.72 Å². The Morgan fingerprint density at radius 1 is 0.875 bits per heavy atom. The normalized spacial score (nSPS) is 13.7. The van der Waals surface area contributed by atoms with Gasteiger partial charge in [0.25, 0.3) is 11.8 Å². The highest BCUT2D eigenvalue weighted by Gasteiger charge is 2.33. The average Bonchev–Trinajstić information content (AvgIpc) is 3.12. The zero-order chi connectivity index (χ0) is 16.4. The van der Waals surface area contributed by atoms with E-state index in [4.69, 9.17) is 4.74 Å². The van der Waals surface area contributed by atoms with Gasteiger partial charge in [0.05, 0.1) is 29.3 Å². The summed E-state index contributed by atoms with van der Waals surface area (Å²) in [5.41, 5.74) is 2.64. The van der Waals surface area contributed by atoms with Crippen LogP contribution in [0, 0.1) is 0 Å². The van der Waals surface area contributed by atoms with Crippen molar-refractivity contribution in [1.82, 2.24) is 10.3 Å². The largest absolute Gasteiger partial charge is 0.497 e. The number of H-pyrrole nitrogens is 1. The molecular formula is C19H12N2O3. The summed E-state index contributed by atoms with van der Waals surface area (Å²) >= 11 is 0. The van der Waals surface area contributed by atoms with Gasteiger partial charge in [0.2, 0.25) is 0 Å². The Hall–Kier alpha value is -3.34. The molecule has 0 saturated carbocycles. The Labute approximate surface area is 136 Å². The van der Waals surface area contributed by atoms with Crippen LogP contribution >= 0.6 is 0 Å². The minimum Gasteiger partial charge on any atom is -0.497 e. The van der Waals surface area contributed by atoms with Crippen molar-refractivity contribution in [3.63, 3.8) is 0 Å². The maximum atomic E-state index is 12.4. The van der Waals surface area contributed by atoms with Crippen molar-refractivity contribution in [2.24, 2.45) is 0 Å². The van der Waals surface area contributed by atoms with Gasteiger partial charge >= 0.3 is 0 Å². The van der Waals surface area contributed by atoms with Crippen LogP contribution in [0.2, 0.25) is 0 Å².